The number of halogens is 1. The van der Waals surface area contributed by atoms with Crippen LogP contribution in [0.15, 0.2) is 48.2 Å². The molecule has 1 heterocycles. The summed E-state index contributed by atoms with van der Waals surface area (Å²) in [4.78, 5) is 37.1. The normalized spacial score (nSPS) is 15.1. The number of aromatic hydroxyl groups is 2. The smallest absolute Gasteiger partial charge is 0.329 e. The molecule has 0 radical (unpaired) electrons. The monoisotopic (exact) mass is 371 g/mol. The van der Waals surface area contributed by atoms with Crippen LogP contribution in [0, 0.1) is 5.82 Å². The Labute approximate surface area is 152 Å². The molecule has 0 saturated carbocycles. The van der Waals surface area contributed by atoms with E-state index in [-0.39, 0.29) is 22.8 Å². The number of imide groups is 1. The molecule has 2 aromatic rings. The molecule has 1 saturated heterocycles. The minimum Gasteiger partial charge on any atom is -0.508 e. The first-order valence-corrected chi connectivity index (χ1v) is 7.75. The third-order valence-electron chi connectivity index (χ3n) is 3.71. The number of urea groups is 1. The molecular weight excluding hydrogens is 357 g/mol. The van der Waals surface area contributed by atoms with Gasteiger partial charge < -0.3 is 20.8 Å². The molecule has 1 aliphatic heterocycles. The molecular formula is C18H14FN3O5. The summed E-state index contributed by atoms with van der Waals surface area (Å²) in [6.45, 7) is -0.541. The molecule has 4 amide bonds. The number of nitrogens with one attached hydrogen (secondary N) is 2. The van der Waals surface area contributed by atoms with E-state index in [1.54, 1.807) is 0 Å². The number of hydrogen-bond donors (Lipinski definition) is 4. The van der Waals surface area contributed by atoms with Crippen molar-refractivity contribution < 1.29 is 29.0 Å². The van der Waals surface area contributed by atoms with Gasteiger partial charge in [-0.25, -0.2) is 14.1 Å². The zero-order valence-electron chi connectivity index (χ0n) is 13.8. The summed E-state index contributed by atoms with van der Waals surface area (Å²) in [5.41, 5.74) is 0.392. The van der Waals surface area contributed by atoms with Gasteiger partial charge in [0.2, 0.25) is 5.91 Å². The van der Waals surface area contributed by atoms with E-state index >= 15 is 0 Å². The molecule has 0 aromatic heterocycles. The van der Waals surface area contributed by atoms with Gasteiger partial charge in [0, 0.05) is 17.3 Å². The first-order valence-electron chi connectivity index (χ1n) is 7.75. The van der Waals surface area contributed by atoms with Crippen LogP contribution in [0.3, 0.4) is 0 Å². The molecule has 4 N–H and O–H groups in total. The maximum Gasteiger partial charge on any atom is 0.329 e. The molecule has 0 spiro atoms. The number of benzene rings is 2. The van der Waals surface area contributed by atoms with Gasteiger partial charge in [-0.3, -0.25) is 9.59 Å². The van der Waals surface area contributed by atoms with Crippen molar-refractivity contribution >= 4 is 29.6 Å². The Hall–Kier alpha value is -3.88. The van der Waals surface area contributed by atoms with Crippen molar-refractivity contribution in [3.8, 4) is 11.5 Å². The number of phenolic OH excluding ortho intramolecular Hbond substituents is 2. The Morgan fingerprint density at radius 1 is 1.15 bits per heavy atom. The largest absolute Gasteiger partial charge is 0.508 e. The molecule has 0 bridgehead atoms. The number of nitrogens with zero attached hydrogens (tertiary/aromatic N) is 1. The number of carbonyl (C=O) groups excluding carboxylic acids is 3. The minimum absolute atomic E-state index is 0.129. The van der Waals surface area contributed by atoms with E-state index in [1.165, 1.54) is 30.3 Å². The van der Waals surface area contributed by atoms with Gasteiger partial charge in [-0.05, 0) is 42.5 Å². The quantitative estimate of drug-likeness (QED) is 0.482. The van der Waals surface area contributed by atoms with Crippen LogP contribution in [0.25, 0.3) is 6.08 Å². The lowest BCUT2D eigenvalue weighted by atomic mass is 10.1. The van der Waals surface area contributed by atoms with Crippen LogP contribution in [0.5, 0.6) is 11.5 Å². The van der Waals surface area contributed by atoms with Crippen LogP contribution in [0.2, 0.25) is 0 Å². The van der Waals surface area contributed by atoms with E-state index in [2.05, 4.69) is 10.6 Å². The Kier molecular flexibility index (Phi) is 4.75. The fourth-order valence-corrected chi connectivity index (χ4v) is 2.40. The second kappa shape index (κ2) is 7.16. The highest BCUT2D eigenvalue weighted by atomic mass is 19.1. The predicted molar refractivity (Wildman–Crippen MR) is 93.0 cm³/mol. The SMILES string of the molecule is O=C(CN1C(=O)N/C(=C\c2ccc(O)cc2O)C1=O)Nc1ccc(F)cc1. The molecule has 0 unspecified atom stereocenters. The van der Waals surface area contributed by atoms with E-state index in [0.29, 0.717) is 10.6 Å². The van der Waals surface area contributed by atoms with Gasteiger partial charge in [0.1, 0.15) is 29.6 Å². The van der Waals surface area contributed by atoms with Crippen molar-refractivity contribution in [3.05, 3.63) is 59.5 Å². The number of anilines is 1. The average molecular weight is 371 g/mol. The average Bonchev–Trinajstić information content (AvgIpc) is 2.87. The molecule has 27 heavy (non-hydrogen) atoms. The zero-order valence-corrected chi connectivity index (χ0v) is 13.8. The zero-order chi connectivity index (χ0) is 19.6. The number of hydrogen-bond acceptors (Lipinski definition) is 5. The van der Waals surface area contributed by atoms with E-state index in [1.807, 2.05) is 0 Å². The van der Waals surface area contributed by atoms with Gasteiger partial charge in [-0.2, -0.15) is 0 Å². The van der Waals surface area contributed by atoms with Gasteiger partial charge >= 0.3 is 6.03 Å². The van der Waals surface area contributed by atoms with E-state index in [0.717, 1.165) is 18.2 Å². The second-order valence-corrected chi connectivity index (χ2v) is 5.68. The third-order valence-corrected chi connectivity index (χ3v) is 3.71. The Morgan fingerprint density at radius 3 is 2.52 bits per heavy atom. The lowest BCUT2D eigenvalue weighted by molar-refractivity contribution is -0.127. The van der Waals surface area contributed by atoms with Gasteiger partial charge in [-0.1, -0.05) is 0 Å². The molecule has 0 aliphatic carbocycles. The van der Waals surface area contributed by atoms with Crippen molar-refractivity contribution in [1.29, 1.82) is 0 Å². The van der Waals surface area contributed by atoms with E-state index < -0.39 is 30.2 Å². The van der Waals surface area contributed by atoms with Crippen molar-refractivity contribution in [1.82, 2.24) is 10.2 Å². The number of rotatable bonds is 4. The summed E-state index contributed by atoms with van der Waals surface area (Å²) in [5.74, 6) is -2.29. The molecule has 1 aliphatic rings. The molecule has 138 valence electrons. The fourth-order valence-electron chi connectivity index (χ4n) is 2.40. The predicted octanol–water partition coefficient (Wildman–Crippen LogP) is 1.77. The van der Waals surface area contributed by atoms with Crippen LogP contribution in [-0.4, -0.2) is 39.5 Å². The molecule has 9 heteroatoms. The van der Waals surface area contributed by atoms with Gasteiger partial charge in [-0.15, -0.1) is 0 Å². The molecule has 1 fully saturated rings. The second-order valence-electron chi connectivity index (χ2n) is 5.68. The third kappa shape index (κ3) is 4.03. The van der Waals surface area contributed by atoms with Crippen LogP contribution >= 0.6 is 0 Å². The van der Waals surface area contributed by atoms with E-state index in [4.69, 9.17) is 0 Å². The summed E-state index contributed by atoms with van der Waals surface area (Å²) in [6, 6.07) is 7.97. The van der Waals surface area contributed by atoms with E-state index in [9.17, 15) is 29.0 Å². The summed E-state index contributed by atoms with van der Waals surface area (Å²) in [6.07, 6.45) is 1.23. The Morgan fingerprint density at radius 2 is 1.85 bits per heavy atom. The van der Waals surface area contributed by atoms with Crippen LogP contribution in [0.1, 0.15) is 5.56 Å². The highest BCUT2D eigenvalue weighted by molar-refractivity contribution is 6.16. The van der Waals surface area contributed by atoms with Crippen molar-refractivity contribution in [2.45, 2.75) is 0 Å². The number of carbonyl (C=O) groups is 3. The maximum atomic E-state index is 12.9. The topological polar surface area (TPSA) is 119 Å². The van der Waals surface area contributed by atoms with Crippen molar-refractivity contribution in [2.75, 3.05) is 11.9 Å². The summed E-state index contributed by atoms with van der Waals surface area (Å²) in [7, 11) is 0. The first-order chi connectivity index (χ1) is 12.8. The van der Waals surface area contributed by atoms with Gasteiger partial charge in [0.05, 0.1) is 0 Å². The number of phenols is 2. The molecule has 3 rings (SSSR count). The lowest BCUT2D eigenvalue weighted by Crippen LogP contribution is -2.38. The molecule has 0 atom stereocenters. The van der Waals surface area contributed by atoms with Crippen LogP contribution in [0.4, 0.5) is 14.9 Å². The standard InChI is InChI=1S/C18H14FN3O5/c19-11-2-4-12(5-3-11)20-16(25)9-22-17(26)14(21-18(22)27)7-10-1-6-13(23)8-15(10)24/h1-8,23-24H,9H2,(H,20,25)(H,21,27)/b14-7-. The summed E-state index contributed by atoms with van der Waals surface area (Å²) in [5, 5.41) is 23.8. The van der Waals surface area contributed by atoms with Crippen LogP contribution in [-0.2, 0) is 9.59 Å². The van der Waals surface area contributed by atoms with Crippen molar-refractivity contribution in [2.24, 2.45) is 0 Å². The van der Waals surface area contributed by atoms with Crippen LogP contribution < -0.4 is 10.6 Å². The van der Waals surface area contributed by atoms with Gasteiger partial charge in [0.25, 0.3) is 5.91 Å². The minimum atomic E-state index is -0.793. The summed E-state index contributed by atoms with van der Waals surface area (Å²) < 4.78 is 12.9. The van der Waals surface area contributed by atoms with Gasteiger partial charge in [0.15, 0.2) is 0 Å². The van der Waals surface area contributed by atoms with Crippen molar-refractivity contribution in [3.63, 3.8) is 0 Å². The summed E-state index contributed by atoms with van der Waals surface area (Å²) >= 11 is 0. The Balaban J connectivity index is 1.71. The fraction of sp³-hybridized carbons (Fsp3) is 0.0556. The molecule has 8 nitrogen and oxygen atoms in total. The number of amides is 4. The first kappa shape index (κ1) is 17.9. The Bertz CT molecular complexity index is 956. The highest BCUT2D eigenvalue weighted by Gasteiger charge is 2.35. The lowest BCUT2D eigenvalue weighted by Gasteiger charge is -2.11. The highest BCUT2D eigenvalue weighted by Crippen LogP contribution is 2.25. The molecule has 2 aromatic carbocycles. The maximum absolute atomic E-state index is 12.9.